The van der Waals surface area contributed by atoms with Crippen LogP contribution in [0.3, 0.4) is 0 Å². The predicted octanol–water partition coefficient (Wildman–Crippen LogP) is 1.64. The SMILES string of the molecule is CCOC(=O)c1c(CC(C)=O)nn2ccccc12. The second-order valence-electron chi connectivity index (χ2n) is 3.95. The van der Waals surface area contributed by atoms with Crippen LogP contribution in [-0.4, -0.2) is 28.0 Å². The van der Waals surface area contributed by atoms with Crippen LogP contribution in [-0.2, 0) is 16.0 Å². The van der Waals surface area contributed by atoms with E-state index >= 15 is 0 Å². The molecular weight excluding hydrogens is 232 g/mol. The zero-order valence-electron chi connectivity index (χ0n) is 10.3. The summed E-state index contributed by atoms with van der Waals surface area (Å²) in [6, 6.07) is 5.41. The first-order valence-electron chi connectivity index (χ1n) is 5.76. The number of aromatic nitrogens is 2. The molecule has 0 saturated carbocycles. The summed E-state index contributed by atoms with van der Waals surface area (Å²) in [5, 5.41) is 4.25. The number of hydrogen-bond acceptors (Lipinski definition) is 4. The van der Waals surface area contributed by atoms with E-state index in [0.29, 0.717) is 23.4 Å². The number of fused-ring (bicyclic) bond motifs is 1. The van der Waals surface area contributed by atoms with Gasteiger partial charge in [-0.2, -0.15) is 5.10 Å². The Kier molecular flexibility index (Phi) is 3.41. The highest BCUT2D eigenvalue weighted by molar-refractivity contribution is 5.99. The molecule has 0 fully saturated rings. The lowest BCUT2D eigenvalue weighted by molar-refractivity contribution is -0.116. The smallest absolute Gasteiger partial charge is 0.342 e. The van der Waals surface area contributed by atoms with Crippen molar-refractivity contribution in [1.29, 1.82) is 0 Å². The van der Waals surface area contributed by atoms with Gasteiger partial charge >= 0.3 is 5.97 Å². The van der Waals surface area contributed by atoms with Crippen molar-refractivity contribution in [3.8, 4) is 0 Å². The quantitative estimate of drug-likeness (QED) is 0.769. The molecule has 94 valence electrons. The number of Topliss-reactive ketones (excluding diaryl/α,β-unsaturated/α-hetero) is 1. The topological polar surface area (TPSA) is 60.7 Å². The lowest BCUT2D eigenvalue weighted by Gasteiger charge is -2.01. The van der Waals surface area contributed by atoms with E-state index in [0.717, 1.165) is 0 Å². The first-order chi connectivity index (χ1) is 8.63. The number of hydrogen-bond donors (Lipinski definition) is 0. The summed E-state index contributed by atoms with van der Waals surface area (Å²) in [7, 11) is 0. The average Bonchev–Trinajstić information content (AvgIpc) is 2.66. The average molecular weight is 246 g/mol. The fourth-order valence-electron chi connectivity index (χ4n) is 1.83. The summed E-state index contributed by atoms with van der Waals surface area (Å²) in [5.41, 5.74) is 1.51. The number of rotatable bonds is 4. The highest BCUT2D eigenvalue weighted by atomic mass is 16.5. The summed E-state index contributed by atoms with van der Waals surface area (Å²) < 4.78 is 6.60. The number of ketones is 1. The van der Waals surface area contributed by atoms with Gasteiger partial charge in [-0.05, 0) is 26.0 Å². The number of pyridine rings is 1. The third kappa shape index (κ3) is 2.25. The van der Waals surface area contributed by atoms with E-state index < -0.39 is 5.97 Å². The van der Waals surface area contributed by atoms with Crippen LogP contribution in [0.5, 0.6) is 0 Å². The van der Waals surface area contributed by atoms with Gasteiger partial charge in [0.2, 0.25) is 0 Å². The highest BCUT2D eigenvalue weighted by Gasteiger charge is 2.21. The molecule has 5 nitrogen and oxygen atoms in total. The van der Waals surface area contributed by atoms with Gasteiger partial charge in [-0.3, -0.25) is 4.79 Å². The molecule has 0 atom stereocenters. The van der Waals surface area contributed by atoms with Crippen molar-refractivity contribution < 1.29 is 14.3 Å². The van der Waals surface area contributed by atoms with Gasteiger partial charge in [-0.15, -0.1) is 0 Å². The minimum Gasteiger partial charge on any atom is -0.462 e. The fourth-order valence-corrected chi connectivity index (χ4v) is 1.83. The molecule has 0 saturated heterocycles. The molecule has 5 heteroatoms. The molecule has 0 amide bonds. The van der Waals surface area contributed by atoms with Gasteiger partial charge < -0.3 is 4.74 Å². The van der Waals surface area contributed by atoms with Gasteiger partial charge in [-0.1, -0.05) is 6.07 Å². The van der Waals surface area contributed by atoms with Crippen molar-refractivity contribution in [3.05, 3.63) is 35.7 Å². The van der Waals surface area contributed by atoms with Crippen molar-refractivity contribution in [2.24, 2.45) is 0 Å². The minimum absolute atomic E-state index is 0.0380. The molecule has 0 spiro atoms. The fraction of sp³-hybridized carbons (Fsp3) is 0.308. The van der Waals surface area contributed by atoms with Crippen LogP contribution in [0.4, 0.5) is 0 Å². The summed E-state index contributed by atoms with van der Waals surface area (Å²) in [4.78, 5) is 23.2. The number of carbonyl (C=O) groups is 2. The van der Waals surface area contributed by atoms with E-state index in [1.165, 1.54) is 6.92 Å². The molecule has 0 aliphatic carbocycles. The van der Waals surface area contributed by atoms with Gasteiger partial charge in [0.25, 0.3) is 0 Å². The largest absolute Gasteiger partial charge is 0.462 e. The van der Waals surface area contributed by atoms with Crippen LogP contribution in [0.15, 0.2) is 24.4 Å². The van der Waals surface area contributed by atoms with E-state index in [1.54, 1.807) is 23.7 Å². The first kappa shape index (κ1) is 12.3. The molecule has 2 heterocycles. The maximum Gasteiger partial charge on any atom is 0.342 e. The third-order valence-electron chi connectivity index (χ3n) is 2.51. The van der Waals surface area contributed by atoms with Crippen molar-refractivity contribution >= 4 is 17.3 Å². The Morgan fingerprint density at radius 3 is 2.83 bits per heavy atom. The molecule has 2 rings (SSSR count). The molecule has 0 aromatic carbocycles. The number of ether oxygens (including phenoxy) is 1. The predicted molar refractivity (Wildman–Crippen MR) is 65.5 cm³/mol. The van der Waals surface area contributed by atoms with Crippen molar-refractivity contribution in [1.82, 2.24) is 9.61 Å². The standard InChI is InChI=1S/C13H14N2O3/c1-3-18-13(17)12-10(8-9(2)16)14-15-7-5-4-6-11(12)15/h4-7H,3,8H2,1-2H3. The molecule has 0 unspecified atom stereocenters. The van der Waals surface area contributed by atoms with Crippen LogP contribution in [0.2, 0.25) is 0 Å². The van der Waals surface area contributed by atoms with E-state index in [9.17, 15) is 9.59 Å². The summed E-state index contributed by atoms with van der Waals surface area (Å²) in [6.07, 6.45) is 1.87. The van der Waals surface area contributed by atoms with Crippen molar-refractivity contribution in [2.75, 3.05) is 6.61 Å². The summed E-state index contributed by atoms with van der Waals surface area (Å²) in [6.45, 7) is 3.51. The Morgan fingerprint density at radius 1 is 1.39 bits per heavy atom. The van der Waals surface area contributed by atoms with Gasteiger partial charge in [0.15, 0.2) is 0 Å². The molecule has 0 bridgehead atoms. The number of esters is 1. The summed E-state index contributed by atoms with van der Waals surface area (Å²) in [5.74, 6) is -0.473. The maximum absolute atomic E-state index is 11.9. The van der Waals surface area contributed by atoms with Gasteiger partial charge in [-0.25, -0.2) is 9.31 Å². The third-order valence-corrected chi connectivity index (χ3v) is 2.51. The Bertz CT molecular complexity index is 601. The van der Waals surface area contributed by atoms with E-state index in [-0.39, 0.29) is 12.2 Å². The van der Waals surface area contributed by atoms with Crippen LogP contribution in [0, 0.1) is 0 Å². The zero-order valence-corrected chi connectivity index (χ0v) is 10.3. The van der Waals surface area contributed by atoms with Crippen molar-refractivity contribution in [3.63, 3.8) is 0 Å². The monoisotopic (exact) mass is 246 g/mol. The Labute approximate surface area is 104 Å². The normalized spacial score (nSPS) is 10.6. The van der Waals surface area contributed by atoms with E-state index in [2.05, 4.69) is 5.10 Å². The van der Waals surface area contributed by atoms with Gasteiger partial charge in [0.1, 0.15) is 11.3 Å². The number of nitrogens with zero attached hydrogens (tertiary/aromatic N) is 2. The van der Waals surface area contributed by atoms with Crippen LogP contribution in [0.25, 0.3) is 5.52 Å². The minimum atomic E-state index is -0.435. The Hall–Kier alpha value is -2.17. The molecular formula is C13H14N2O3. The lowest BCUT2D eigenvalue weighted by atomic mass is 10.1. The van der Waals surface area contributed by atoms with E-state index in [1.807, 2.05) is 12.1 Å². The van der Waals surface area contributed by atoms with Crippen LogP contribution < -0.4 is 0 Å². The first-order valence-corrected chi connectivity index (χ1v) is 5.76. The van der Waals surface area contributed by atoms with Crippen LogP contribution in [0.1, 0.15) is 29.9 Å². The second kappa shape index (κ2) is 5.00. The second-order valence-corrected chi connectivity index (χ2v) is 3.95. The highest BCUT2D eigenvalue weighted by Crippen LogP contribution is 2.17. The molecule has 2 aromatic rings. The maximum atomic E-state index is 11.9. The zero-order chi connectivity index (χ0) is 13.1. The Balaban J connectivity index is 2.57. The summed E-state index contributed by atoms with van der Waals surface area (Å²) >= 11 is 0. The molecule has 0 radical (unpaired) electrons. The van der Waals surface area contributed by atoms with E-state index in [4.69, 9.17) is 4.74 Å². The molecule has 18 heavy (non-hydrogen) atoms. The molecule has 0 aliphatic heterocycles. The van der Waals surface area contributed by atoms with Crippen molar-refractivity contribution in [2.45, 2.75) is 20.3 Å². The number of carbonyl (C=O) groups excluding carboxylic acids is 2. The molecule has 0 N–H and O–H groups in total. The molecule has 0 aliphatic rings. The van der Waals surface area contributed by atoms with Gasteiger partial charge in [0.05, 0.1) is 24.2 Å². The van der Waals surface area contributed by atoms with Gasteiger partial charge in [0, 0.05) is 6.20 Å². The van der Waals surface area contributed by atoms with Crippen LogP contribution >= 0.6 is 0 Å². The molecule has 2 aromatic heterocycles. The lowest BCUT2D eigenvalue weighted by Crippen LogP contribution is -2.09. The Morgan fingerprint density at radius 2 is 2.17 bits per heavy atom.